The van der Waals surface area contributed by atoms with Crippen molar-refractivity contribution < 1.29 is 27.1 Å². The van der Waals surface area contributed by atoms with E-state index in [9.17, 15) is 22.8 Å². The molecule has 0 saturated carbocycles. The van der Waals surface area contributed by atoms with Crippen LogP contribution < -0.4 is 5.56 Å². The van der Waals surface area contributed by atoms with Crippen LogP contribution in [0.3, 0.4) is 0 Å². The maximum absolute atomic E-state index is 13.9. The normalized spacial score (nSPS) is 15.2. The summed E-state index contributed by atoms with van der Waals surface area (Å²) < 4.78 is 53.9. The van der Waals surface area contributed by atoms with E-state index in [2.05, 4.69) is 20.3 Å². The van der Waals surface area contributed by atoms with E-state index in [4.69, 9.17) is 9.15 Å². The van der Waals surface area contributed by atoms with Crippen LogP contribution in [-0.4, -0.2) is 54.5 Å². The molecule has 1 amide bonds. The first-order valence-corrected chi connectivity index (χ1v) is 12.4. The minimum atomic E-state index is -4.76. The van der Waals surface area contributed by atoms with Gasteiger partial charge in [0.1, 0.15) is 16.9 Å². The van der Waals surface area contributed by atoms with Gasteiger partial charge in [-0.15, -0.1) is 10.2 Å². The maximum atomic E-state index is 13.9. The summed E-state index contributed by atoms with van der Waals surface area (Å²) in [5, 5.41) is 10.3. The fourth-order valence-electron chi connectivity index (χ4n) is 4.64. The standard InChI is InChI=1S/C26H27F3N6O4/c1-14-17(22-32-31-21(38-22)16-10-12-34(13-11-16)24(37)39-25(2,3)4)23(36)35-20(30-14)18(15-8-6-5-7-9-15)19(33-35)26(27,28)29/h5-9,16,33H,10-13H2,1-4H3. The number of H-pyrrole nitrogens is 1. The fourth-order valence-corrected chi connectivity index (χ4v) is 4.64. The summed E-state index contributed by atoms with van der Waals surface area (Å²) in [7, 11) is 0. The Hall–Kier alpha value is -4.16. The van der Waals surface area contributed by atoms with Crippen LogP contribution in [0.5, 0.6) is 0 Å². The highest BCUT2D eigenvalue weighted by Gasteiger charge is 2.39. The smallest absolute Gasteiger partial charge is 0.433 e. The molecule has 3 aromatic heterocycles. The van der Waals surface area contributed by atoms with Crippen molar-refractivity contribution >= 4 is 11.7 Å². The molecule has 0 radical (unpaired) electrons. The third-order valence-electron chi connectivity index (χ3n) is 6.46. The highest BCUT2D eigenvalue weighted by molar-refractivity contribution is 5.81. The minimum absolute atomic E-state index is 0.0907. The van der Waals surface area contributed by atoms with E-state index < -0.39 is 29.1 Å². The second-order valence-corrected chi connectivity index (χ2v) is 10.4. The molecule has 0 bridgehead atoms. The number of carbonyl (C=O) groups excluding carboxylic acids is 1. The van der Waals surface area contributed by atoms with E-state index in [-0.39, 0.29) is 45.7 Å². The van der Waals surface area contributed by atoms with Crippen molar-refractivity contribution in [3.63, 3.8) is 0 Å². The number of halogens is 3. The van der Waals surface area contributed by atoms with Gasteiger partial charge in [-0.2, -0.15) is 17.7 Å². The third-order valence-corrected chi connectivity index (χ3v) is 6.46. The molecule has 0 aliphatic carbocycles. The van der Waals surface area contributed by atoms with E-state index >= 15 is 0 Å². The monoisotopic (exact) mass is 544 g/mol. The lowest BCUT2D eigenvalue weighted by molar-refractivity contribution is -0.140. The zero-order valence-electron chi connectivity index (χ0n) is 21.8. The van der Waals surface area contributed by atoms with Crippen molar-refractivity contribution in [3.05, 3.63) is 58.0 Å². The Kier molecular flexibility index (Phi) is 6.47. The average molecular weight is 545 g/mol. The molecule has 1 N–H and O–H groups in total. The number of nitrogens with one attached hydrogen (secondary N) is 1. The second kappa shape index (κ2) is 9.54. The molecule has 0 unspecified atom stereocenters. The number of piperidine rings is 1. The number of aryl methyl sites for hydroxylation is 1. The van der Waals surface area contributed by atoms with E-state index in [1.165, 1.54) is 19.1 Å². The largest absolute Gasteiger partial charge is 0.444 e. The van der Waals surface area contributed by atoms with Crippen LogP contribution in [0.25, 0.3) is 28.2 Å². The van der Waals surface area contributed by atoms with Gasteiger partial charge in [-0.25, -0.2) is 9.78 Å². The van der Waals surface area contributed by atoms with Crippen LogP contribution >= 0.6 is 0 Å². The number of fused-ring (bicyclic) bond motifs is 1. The molecule has 0 atom stereocenters. The Morgan fingerprint density at radius 2 is 1.74 bits per heavy atom. The summed E-state index contributed by atoms with van der Waals surface area (Å²) in [6.45, 7) is 7.76. The topological polar surface area (TPSA) is 119 Å². The number of amides is 1. The van der Waals surface area contributed by atoms with Gasteiger partial charge in [-0.1, -0.05) is 30.3 Å². The molecule has 0 spiro atoms. The summed E-state index contributed by atoms with van der Waals surface area (Å²) in [5.74, 6) is -0.00439. The van der Waals surface area contributed by atoms with E-state index in [1.807, 2.05) is 0 Å². The number of benzene rings is 1. The van der Waals surface area contributed by atoms with E-state index in [0.717, 1.165) is 4.52 Å². The van der Waals surface area contributed by atoms with Crippen molar-refractivity contribution in [2.75, 3.05) is 13.1 Å². The number of aromatic amines is 1. The van der Waals surface area contributed by atoms with Gasteiger partial charge in [0.05, 0.1) is 11.3 Å². The predicted octanol–water partition coefficient (Wildman–Crippen LogP) is 5.18. The molecule has 206 valence electrons. The van der Waals surface area contributed by atoms with Gasteiger partial charge in [0.25, 0.3) is 11.4 Å². The number of rotatable bonds is 3. The number of aromatic nitrogens is 5. The van der Waals surface area contributed by atoms with Crippen LogP contribution in [-0.2, 0) is 10.9 Å². The number of carbonyl (C=O) groups is 1. The molecule has 1 aromatic carbocycles. The molecule has 10 nitrogen and oxygen atoms in total. The summed E-state index contributed by atoms with van der Waals surface area (Å²) in [5.41, 5.74) is -2.53. The number of hydrogen-bond acceptors (Lipinski definition) is 7. The Labute approximate surface area is 220 Å². The van der Waals surface area contributed by atoms with E-state index in [0.29, 0.717) is 25.9 Å². The summed E-state index contributed by atoms with van der Waals surface area (Å²) in [6.07, 6.45) is -4.07. The molecule has 4 heterocycles. The van der Waals surface area contributed by atoms with Gasteiger partial charge in [0.2, 0.25) is 5.89 Å². The van der Waals surface area contributed by atoms with Gasteiger partial charge < -0.3 is 14.1 Å². The zero-order valence-corrected chi connectivity index (χ0v) is 21.8. The van der Waals surface area contributed by atoms with Crippen molar-refractivity contribution in [1.29, 1.82) is 0 Å². The zero-order chi connectivity index (χ0) is 28.1. The van der Waals surface area contributed by atoms with Crippen molar-refractivity contribution in [2.24, 2.45) is 0 Å². The number of alkyl halides is 3. The highest BCUT2D eigenvalue weighted by Crippen LogP contribution is 2.38. The Morgan fingerprint density at radius 3 is 2.36 bits per heavy atom. The van der Waals surface area contributed by atoms with Crippen molar-refractivity contribution in [1.82, 2.24) is 29.7 Å². The van der Waals surface area contributed by atoms with E-state index in [1.54, 1.807) is 43.9 Å². The number of ether oxygens (including phenoxy) is 1. The second-order valence-electron chi connectivity index (χ2n) is 10.4. The van der Waals surface area contributed by atoms with Crippen LogP contribution in [0, 0.1) is 6.92 Å². The highest BCUT2D eigenvalue weighted by atomic mass is 19.4. The van der Waals surface area contributed by atoms with Crippen LogP contribution in [0.4, 0.5) is 18.0 Å². The molecular formula is C26H27F3N6O4. The Bertz CT molecular complexity index is 1580. The first-order valence-electron chi connectivity index (χ1n) is 12.4. The lowest BCUT2D eigenvalue weighted by atomic mass is 9.97. The Morgan fingerprint density at radius 1 is 1.08 bits per heavy atom. The summed E-state index contributed by atoms with van der Waals surface area (Å²) >= 11 is 0. The molecule has 39 heavy (non-hydrogen) atoms. The minimum Gasteiger partial charge on any atom is -0.444 e. The van der Waals surface area contributed by atoms with Gasteiger partial charge >= 0.3 is 12.3 Å². The molecule has 4 aromatic rings. The lowest BCUT2D eigenvalue weighted by Crippen LogP contribution is -2.41. The first-order chi connectivity index (χ1) is 18.3. The number of nitrogens with zero attached hydrogens (tertiary/aromatic N) is 5. The molecule has 1 fully saturated rings. The van der Waals surface area contributed by atoms with Crippen LogP contribution in [0.2, 0.25) is 0 Å². The summed E-state index contributed by atoms with van der Waals surface area (Å²) in [4.78, 5) is 31.7. The van der Waals surface area contributed by atoms with Gasteiger partial charge in [-0.05, 0) is 46.1 Å². The molecule has 1 aliphatic heterocycles. The quantitative estimate of drug-likeness (QED) is 0.377. The molecule has 1 saturated heterocycles. The third kappa shape index (κ3) is 5.12. The lowest BCUT2D eigenvalue weighted by Gasteiger charge is -2.32. The van der Waals surface area contributed by atoms with Gasteiger partial charge in [-0.3, -0.25) is 9.89 Å². The molecule has 1 aliphatic rings. The van der Waals surface area contributed by atoms with Crippen molar-refractivity contribution in [3.8, 4) is 22.6 Å². The molecular weight excluding hydrogens is 517 g/mol. The van der Waals surface area contributed by atoms with Crippen molar-refractivity contribution in [2.45, 2.75) is 58.2 Å². The number of likely N-dealkylation sites (tertiary alicyclic amines) is 1. The number of hydrogen-bond donors (Lipinski definition) is 1. The molecule has 13 heteroatoms. The molecule has 5 rings (SSSR count). The average Bonchev–Trinajstić information content (AvgIpc) is 3.49. The maximum Gasteiger partial charge on any atom is 0.433 e. The van der Waals surface area contributed by atoms with Gasteiger partial charge in [0.15, 0.2) is 5.65 Å². The predicted molar refractivity (Wildman–Crippen MR) is 134 cm³/mol. The van der Waals surface area contributed by atoms with Crippen LogP contribution in [0.15, 0.2) is 39.5 Å². The van der Waals surface area contributed by atoms with Gasteiger partial charge in [0, 0.05) is 19.0 Å². The van der Waals surface area contributed by atoms with Crippen LogP contribution in [0.1, 0.15) is 56.8 Å². The SMILES string of the molecule is Cc1nc2c(-c3ccccc3)c(C(F)(F)F)[nH]n2c(=O)c1-c1nnc(C2CCN(C(=O)OC(C)(C)C)CC2)o1. The Balaban J connectivity index is 1.46. The first kappa shape index (κ1) is 26.4. The summed E-state index contributed by atoms with van der Waals surface area (Å²) in [6, 6.07) is 7.94. The fraction of sp³-hybridized carbons (Fsp3) is 0.423.